The summed E-state index contributed by atoms with van der Waals surface area (Å²) in [5.74, 6) is -0.451. The summed E-state index contributed by atoms with van der Waals surface area (Å²) in [5.41, 5.74) is 0.234. The maximum Gasteiger partial charge on any atom is 0.171 e. The van der Waals surface area contributed by atoms with E-state index in [9.17, 15) is 4.39 Å². The number of benzene rings is 1. The number of aliphatic hydroxyl groups is 1. The van der Waals surface area contributed by atoms with Gasteiger partial charge < -0.3 is 9.84 Å². The second-order valence-corrected chi connectivity index (χ2v) is 2.98. The first-order chi connectivity index (χ1) is 7.29. The third-order valence-corrected chi connectivity index (χ3v) is 1.89. The number of halogens is 1. The molecule has 1 aromatic rings. The minimum Gasteiger partial charge on any atom is -0.396 e. The van der Waals surface area contributed by atoms with Crippen LogP contribution in [0.4, 0.5) is 4.39 Å². The third-order valence-electron chi connectivity index (χ3n) is 1.89. The van der Waals surface area contributed by atoms with E-state index in [1.165, 1.54) is 12.1 Å². The first-order valence-corrected chi connectivity index (χ1v) is 4.66. The molecule has 1 aromatic carbocycles. The Kier molecular flexibility index (Phi) is 4.75. The van der Waals surface area contributed by atoms with Crippen LogP contribution in [-0.2, 0) is 4.74 Å². The van der Waals surface area contributed by atoms with Gasteiger partial charge in [-0.3, -0.25) is 0 Å². The number of nitrogens with zero attached hydrogens (tertiary/aromatic N) is 1. The summed E-state index contributed by atoms with van der Waals surface area (Å²) in [5, 5.41) is 17.3. The lowest BCUT2D eigenvalue weighted by atomic mass is 10.1. The van der Waals surface area contributed by atoms with Crippen molar-refractivity contribution in [3.8, 4) is 6.07 Å². The molecule has 15 heavy (non-hydrogen) atoms. The fourth-order valence-corrected chi connectivity index (χ4v) is 1.15. The van der Waals surface area contributed by atoms with Crippen LogP contribution in [0.2, 0.25) is 0 Å². The number of aliphatic hydroxyl groups excluding tert-OH is 1. The molecule has 1 unspecified atom stereocenters. The molecule has 3 nitrogen and oxygen atoms in total. The zero-order valence-electron chi connectivity index (χ0n) is 8.19. The van der Waals surface area contributed by atoms with E-state index < -0.39 is 11.9 Å². The van der Waals surface area contributed by atoms with Crippen LogP contribution in [0.15, 0.2) is 24.3 Å². The summed E-state index contributed by atoms with van der Waals surface area (Å²) in [6.45, 7) is 0.235. The molecule has 1 rings (SSSR count). The summed E-state index contributed by atoms with van der Waals surface area (Å²) in [7, 11) is 0. The molecule has 0 bridgehead atoms. The van der Waals surface area contributed by atoms with E-state index in [1.54, 1.807) is 12.1 Å². The Hall–Kier alpha value is -1.44. The van der Waals surface area contributed by atoms with Gasteiger partial charge in [0.05, 0.1) is 12.7 Å². The summed E-state index contributed by atoms with van der Waals surface area (Å²) >= 11 is 0. The summed E-state index contributed by atoms with van der Waals surface area (Å²) < 4.78 is 18.4. The Morgan fingerprint density at radius 1 is 1.47 bits per heavy atom. The van der Waals surface area contributed by atoms with Crippen molar-refractivity contribution in [2.75, 3.05) is 13.2 Å². The van der Waals surface area contributed by atoms with Crippen molar-refractivity contribution < 1.29 is 14.2 Å². The molecular formula is C11H12FNO2. The van der Waals surface area contributed by atoms with Crippen LogP contribution in [-0.4, -0.2) is 18.3 Å². The molecule has 0 amide bonds. The molecule has 1 N–H and O–H groups in total. The monoisotopic (exact) mass is 209 g/mol. The molecule has 4 heteroatoms. The summed E-state index contributed by atoms with van der Waals surface area (Å²) in [6.07, 6.45) is -0.468. The SMILES string of the molecule is N#CC(OCCCO)c1ccccc1F. The average molecular weight is 209 g/mol. The fourth-order valence-electron chi connectivity index (χ4n) is 1.15. The first-order valence-electron chi connectivity index (χ1n) is 4.66. The van der Waals surface area contributed by atoms with E-state index in [2.05, 4.69) is 0 Å². The van der Waals surface area contributed by atoms with E-state index >= 15 is 0 Å². The molecule has 80 valence electrons. The van der Waals surface area contributed by atoms with Gasteiger partial charge in [-0.2, -0.15) is 5.26 Å². The number of rotatable bonds is 5. The van der Waals surface area contributed by atoms with Gasteiger partial charge in [0.2, 0.25) is 0 Å². The Bertz CT molecular complexity index is 349. The van der Waals surface area contributed by atoms with Gasteiger partial charge in [0, 0.05) is 12.2 Å². The van der Waals surface area contributed by atoms with Gasteiger partial charge in [-0.1, -0.05) is 18.2 Å². The Labute approximate surface area is 87.7 Å². The minimum absolute atomic E-state index is 0.00454. The molecule has 0 fully saturated rings. The summed E-state index contributed by atoms with van der Waals surface area (Å²) in [6, 6.07) is 7.88. The van der Waals surface area contributed by atoms with Gasteiger partial charge in [0.25, 0.3) is 0 Å². The van der Waals surface area contributed by atoms with E-state index in [-0.39, 0.29) is 18.8 Å². The zero-order chi connectivity index (χ0) is 11.1. The van der Waals surface area contributed by atoms with Crippen molar-refractivity contribution in [3.05, 3.63) is 35.6 Å². The normalized spacial score (nSPS) is 12.1. The molecule has 0 saturated carbocycles. The van der Waals surface area contributed by atoms with Crippen molar-refractivity contribution in [2.45, 2.75) is 12.5 Å². The van der Waals surface area contributed by atoms with Crippen LogP contribution in [0.3, 0.4) is 0 Å². The zero-order valence-corrected chi connectivity index (χ0v) is 8.19. The van der Waals surface area contributed by atoms with Crippen molar-refractivity contribution in [2.24, 2.45) is 0 Å². The van der Waals surface area contributed by atoms with Gasteiger partial charge in [-0.15, -0.1) is 0 Å². The highest BCUT2D eigenvalue weighted by atomic mass is 19.1. The lowest BCUT2D eigenvalue weighted by molar-refractivity contribution is 0.0753. The summed E-state index contributed by atoms with van der Waals surface area (Å²) in [4.78, 5) is 0. The van der Waals surface area contributed by atoms with Crippen LogP contribution in [0, 0.1) is 17.1 Å². The minimum atomic E-state index is -0.905. The second-order valence-electron chi connectivity index (χ2n) is 2.98. The van der Waals surface area contributed by atoms with Crippen LogP contribution in [0.5, 0.6) is 0 Å². The predicted molar refractivity (Wildman–Crippen MR) is 52.4 cm³/mol. The van der Waals surface area contributed by atoms with Crippen LogP contribution in [0.25, 0.3) is 0 Å². The number of hydrogen-bond donors (Lipinski definition) is 1. The molecule has 0 saturated heterocycles. The second kappa shape index (κ2) is 6.12. The molecule has 0 aliphatic carbocycles. The highest BCUT2D eigenvalue weighted by molar-refractivity contribution is 5.23. The number of hydrogen-bond acceptors (Lipinski definition) is 3. The average Bonchev–Trinajstić information content (AvgIpc) is 2.26. The quantitative estimate of drug-likeness (QED) is 0.752. The van der Waals surface area contributed by atoms with Crippen molar-refractivity contribution in [3.63, 3.8) is 0 Å². The van der Waals surface area contributed by atoms with Crippen LogP contribution >= 0.6 is 0 Å². The van der Waals surface area contributed by atoms with E-state index in [4.69, 9.17) is 15.1 Å². The Balaban J connectivity index is 2.67. The van der Waals surface area contributed by atoms with Crippen LogP contribution < -0.4 is 0 Å². The molecule has 0 radical (unpaired) electrons. The molecule has 0 aromatic heterocycles. The van der Waals surface area contributed by atoms with E-state index in [1.807, 2.05) is 6.07 Å². The first kappa shape index (κ1) is 11.6. The lowest BCUT2D eigenvalue weighted by Crippen LogP contribution is -2.06. The van der Waals surface area contributed by atoms with E-state index in [0.717, 1.165) is 0 Å². The fraction of sp³-hybridized carbons (Fsp3) is 0.364. The predicted octanol–water partition coefficient (Wildman–Crippen LogP) is 1.79. The number of ether oxygens (including phenoxy) is 1. The largest absolute Gasteiger partial charge is 0.396 e. The third kappa shape index (κ3) is 3.31. The molecule has 0 aliphatic rings. The van der Waals surface area contributed by atoms with Crippen molar-refractivity contribution >= 4 is 0 Å². The molecule has 1 atom stereocenters. The molecule has 0 heterocycles. The lowest BCUT2D eigenvalue weighted by Gasteiger charge is -2.10. The van der Waals surface area contributed by atoms with Crippen molar-refractivity contribution in [1.29, 1.82) is 5.26 Å². The van der Waals surface area contributed by atoms with E-state index in [0.29, 0.717) is 6.42 Å². The maximum atomic E-state index is 13.3. The molecule has 0 aliphatic heterocycles. The standard InChI is InChI=1S/C11H12FNO2/c12-10-5-2-1-4-9(10)11(8-13)15-7-3-6-14/h1-2,4-5,11,14H,3,6-7H2. The smallest absolute Gasteiger partial charge is 0.171 e. The van der Waals surface area contributed by atoms with Gasteiger partial charge in [0.15, 0.2) is 6.10 Å². The van der Waals surface area contributed by atoms with Gasteiger partial charge in [0.1, 0.15) is 5.82 Å². The van der Waals surface area contributed by atoms with Gasteiger partial charge in [-0.25, -0.2) is 4.39 Å². The van der Waals surface area contributed by atoms with Gasteiger partial charge >= 0.3 is 0 Å². The molecular weight excluding hydrogens is 197 g/mol. The highest BCUT2D eigenvalue weighted by Crippen LogP contribution is 2.19. The maximum absolute atomic E-state index is 13.3. The van der Waals surface area contributed by atoms with Crippen molar-refractivity contribution in [1.82, 2.24) is 0 Å². The molecule has 0 spiro atoms. The topological polar surface area (TPSA) is 53.2 Å². The Morgan fingerprint density at radius 2 is 2.20 bits per heavy atom. The highest BCUT2D eigenvalue weighted by Gasteiger charge is 2.14. The van der Waals surface area contributed by atoms with Crippen LogP contribution in [0.1, 0.15) is 18.1 Å². The number of nitriles is 1. The van der Waals surface area contributed by atoms with Gasteiger partial charge in [-0.05, 0) is 12.5 Å². The Morgan fingerprint density at radius 3 is 2.80 bits per heavy atom.